The Kier molecular flexibility index (Phi) is 16.4. The van der Waals surface area contributed by atoms with Gasteiger partial charge in [0.1, 0.15) is 11.5 Å². The smallest absolute Gasteiger partial charge is 0.118 e. The van der Waals surface area contributed by atoms with Crippen LogP contribution in [0.2, 0.25) is 0 Å². The molecule has 1 aromatic rings. The lowest BCUT2D eigenvalue weighted by molar-refractivity contribution is 0.323. The average Bonchev–Trinajstić information content (AvgIpc) is 2.95. The third-order valence-corrected chi connectivity index (χ3v) is 7.62. The summed E-state index contributed by atoms with van der Waals surface area (Å²) in [5.74, 6) is 0.894. The van der Waals surface area contributed by atoms with Crippen LogP contribution in [0.3, 0.4) is 0 Å². The summed E-state index contributed by atoms with van der Waals surface area (Å²) < 4.78 is 0. The van der Waals surface area contributed by atoms with Crippen molar-refractivity contribution in [3.63, 3.8) is 0 Å². The predicted octanol–water partition coefficient (Wildman–Crippen LogP) is 10.5. The van der Waals surface area contributed by atoms with Crippen molar-refractivity contribution in [3.05, 3.63) is 123 Å². The van der Waals surface area contributed by atoms with Crippen LogP contribution >= 0.6 is 0 Å². The third kappa shape index (κ3) is 13.0. The Balaban J connectivity index is 2.96. The largest absolute Gasteiger partial charge is 0.512 e. The minimum absolute atomic E-state index is 0.0377. The molecule has 0 aliphatic carbocycles. The standard InChI is InChI=1S/C38H54O4/c1-10-27(5)15-17-32(25-39)13-12-14-36(40)30(8)24-35(26(3)4)23-29(7)21-31(9)38(42)33(11-2)18-19-34-22-28(6)16-20-37(34)41/h10,16-17,20-22,24,39-42H,3,7,11-15,18-19,23,25H2,1-2,4-6,8-9H3/b27-10-,31-21-,32-17-,35-24-,36-30+,38-33-. The molecular weight excluding hydrogens is 520 g/mol. The Hall–Kier alpha value is -3.50. The molecule has 4 nitrogen and oxygen atoms in total. The number of hydrogen-bond acceptors (Lipinski definition) is 4. The van der Waals surface area contributed by atoms with E-state index < -0.39 is 0 Å². The fourth-order valence-electron chi connectivity index (χ4n) is 4.63. The van der Waals surface area contributed by atoms with Gasteiger partial charge in [-0.2, -0.15) is 0 Å². The molecule has 4 N–H and O–H groups in total. The molecule has 0 unspecified atom stereocenters. The van der Waals surface area contributed by atoms with Gasteiger partial charge in [0, 0.05) is 6.42 Å². The summed E-state index contributed by atoms with van der Waals surface area (Å²) in [5.41, 5.74) is 9.41. The van der Waals surface area contributed by atoms with Crippen molar-refractivity contribution in [1.82, 2.24) is 0 Å². The van der Waals surface area contributed by atoms with Gasteiger partial charge in [-0.3, -0.25) is 0 Å². The molecule has 230 valence electrons. The lowest BCUT2D eigenvalue weighted by Gasteiger charge is -2.13. The first-order valence-electron chi connectivity index (χ1n) is 15.0. The van der Waals surface area contributed by atoms with Crippen molar-refractivity contribution in [2.45, 2.75) is 99.8 Å². The highest BCUT2D eigenvalue weighted by atomic mass is 16.3. The van der Waals surface area contributed by atoms with Crippen LogP contribution in [-0.4, -0.2) is 27.0 Å². The van der Waals surface area contributed by atoms with Gasteiger partial charge in [-0.05, 0) is 126 Å². The Bertz CT molecular complexity index is 1280. The van der Waals surface area contributed by atoms with E-state index in [4.69, 9.17) is 0 Å². The molecule has 0 aliphatic rings. The number of hydrogen-bond donors (Lipinski definition) is 4. The maximum absolute atomic E-state index is 11.0. The second-order valence-corrected chi connectivity index (χ2v) is 11.4. The Morgan fingerprint density at radius 1 is 0.976 bits per heavy atom. The van der Waals surface area contributed by atoms with E-state index in [9.17, 15) is 20.4 Å². The quantitative estimate of drug-likeness (QED) is 0.0847. The number of benzene rings is 1. The number of aliphatic hydroxyl groups excluding tert-OH is 3. The van der Waals surface area contributed by atoms with Gasteiger partial charge in [0.25, 0.3) is 0 Å². The van der Waals surface area contributed by atoms with Crippen LogP contribution in [0.4, 0.5) is 0 Å². The first-order valence-corrected chi connectivity index (χ1v) is 15.0. The van der Waals surface area contributed by atoms with Crippen LogP contribution in [0.5, 0.6) is 5.75 Å². The number of phenolic OH excluding ortho intramolecular Hbond substituents is 1. The van der Waals surface area contributed by atoms with Crippen LogP contribution in [0.1, 0.15) is 97.6 Å². The van der Waals surface area contributed by atoms with E-state index in [2.05, 4.69) is 32.2 Å². The summed E-state index contributed by atoms with van der Waals surface area (Å²) in [6.07, 6.45) is 13.4. The molecule has 0 radical (unpaired) electrons. The van der Waals surface area contributed by atoms with Gasteiger partial charge >= 0.3 is 0 Å². The Morgan fingerprint density at radius 3 is 2.26 bits per heavy atom. The fraction of sp³-hybridized carbons (Fsp3) is 0.421. The van der Waals surface area contributed by atoms with Crippen LogP contribution in [0.25, 0.3) is 0 Å². The monoisotopic (exact) mass is 574 g/mol. The summed E-state index contributed by atoms with van der Waals surface area (Å²) in [5, 5.41) is 41.6. The number of allylic oxidation sites excluding steroid dienone is 12. The highest BCUT2D eigenvalue weighted by Gasteiger charge is 2.11. The Morgan fingerprint density at radius 2 is 1.67 bits per heavy atom. The van der Waals surface area contributed by atoms with Crippen molar-refractivity contribution in [2.75, 3.05) is 6.61 Å². The zero-order valence-electron chi connectivity index (χ0n) is 27.1. The molecule has 0 amide bonds. The fourth-order valence-corrected chi connectivity index (χ4v) is 4.63. The SMILES string of the molecule is C=C(/C=C(C)\C(O)=C(/CC)CCc1cc(C)ccc1O)C/C(=C/C(C)=C(/O)CCC/C(=C/C/C(C)=C\C)CO)C(=C)C. The van der Waals surface area contributed by atoms with Gasteiger partial charge in [-0.15, -0.1) is 0 Å². The molecule has 0 spiro atoms. The molecule has 0 aromatic heterocycles. The first kappa shape index (κ1) is 36.5. The highest BCUT2D eigenvalue weighted by Crippen LogP contribution is 2.27. The van der Waals surface area contributed by atoms with Crippen LogP contribution in [0.15, 0.2) is 112 Å². The molecule has 1 aromatic carbocycles. The van der Waals surface area contributed by atoms with Gasteiger partial charge in [0.15, 0.2) is 0 Å². The maximum Gasteiger partial charge on any atom is 0.118 e. The normalized spacial score (nSPS) is 14.5. The summed E-state index contributed by atoms with van der Waals surface area (Å²) in [4.78, 5) is 0. The van der Waals surface area contributed by atoms with Gasteiger partial charge in [-0.25, -0.2) is 0 Å². The average molecular weight is 575 g/mol. The van der Waals surface area contributed by atoms with E-state index in [1.807, 2.05) is 65.8 Å². The number of phenols is 1. The molecule has 0 fully saturated rings. The van der Waals surface area contributed by atoms with Crippen molar-refractivity contribution in [1.29, 1.82) is 0 Å². The second-order valence-electron chi connectivity index (χ2n) is 11.4. The zero-order valence-corrected chi connectivity index (χ0v) is 27.1. The van der Waals surface area contributed by atoms with E-state index in [0.717, 1.165) is 69.4 Å². The molecule has 42 heavy (non-hydrogen) atoms. The summed E-state index contributed by atoms with van der Waals surface area (Å²) in [7, 11) is 0. The number of aromatic hydroxyl groups is 1. The van der Waals surface area contributed by atoms with Gasteiger partial charge in [0.2, 0.25) is 0 Å². The topological polar surface area (TPSA) is 80.9 Å². The zero-order chi connectivity index (χ0) is 31.8. The molecule has 4 heteroatoms. The van der Waals surface area contributed by atoms with E-state index in [-0.39, 0.29) is 18.1 Å². The number of rotatable bonds is 17. The first-order chi connectivity index (χ1) is 19.8. The van der Waals surface area contributed by atoms with E-state index >= 15 is 0 Å². The molecule has 1 rings (SSSR count). The minimum atomic E-state index is 0.0377. The van der Waals surface area contributed by atoms with Crippen molar-refractivity contribution in [2.24, 2.45) is 0 Å². The lowest BCUT2D eigenvalue weighted by atomic mass is 9.95. The molecule has 0 heterocycles. The van der Waals surface area contributed by atoms with E-state index in [1.165, 1.54) is 5.57 Å². The molecule has 0 saturated carbocycles. The summed E-state index contributed by atoms with van der Waals surface area (Å²) >= 11 is 0. The van der Waals surface area contributed by atoms with Crippen molar-refractivity contribution < 1.29 is 20.4 Å². The molecule has 0 bridgehead atoms. The maximum atomic E-state index is 11.0. The Labute approximate surface area is 255 Å². The minimum Gasteiger partial charge on any atom is -0.512 e. The second kappa shape index (κ2) is 18.8. The predicted molar refractivity (Wildman–Crippen MR) is 180 cm³/mol. The summed E-state index contributed by atoms with van der Waals surface area (Å²) in [6, 6.07) is 5.59. The number of aryl methyl sites for hydroxylation is 2. The van der Waals surface area contributed by atoms with Crippen LogP contribution in [-0.2, 0) is 6.42 Å². The molecule has 0 saturated heterocycles. The highest BCUT2D eigenvalue weighted by molar-refractivity contribution is 5.42. The van der Waals surface area contributed by atoms with Gasteiger partial charge in [-0.1, -0.05) is 78.8 Å². The van der Waals surface area contributed by atoms with Crippen molar-refractivity contribution in [3.8, 4) is 5.75 Å². The molecular formula is C38H54O4. The van der Waals surface area contributed by atoms with Crippen LogP contribution in [0, 0.1) is 6.92 Å². The van der Waals surface area contributed by atoms with Gasteiger partial charge < -0.3 is 20.4 Å². The lowest BCUT2D eigenvalue weighted by Crippen LogP contribution is -1.97. The van der Waals surface area contributed by atoms with E-state index in [0.29, 0.717) is 37.9 Å². The molecule has 0 atom stereocenters. The molecule has 0 aliphatic heterocycles. The summed E-state index contributed by atoms with van der Waals surface area (Å²) in [6.45, 7) is 22.2. The van der Waals surface area contributed by atoms with Crippen molar-refractivity contribution >= 4 is 0 Å². The van der Waals surface area contributed by atoms with Crippen LogP contribution < -0.4 is 0 Å². The number of aliphatic hydroxyl groups is 3. The third-order valence-electron chi connectivity index (χ3n) is 7.62. The van der Waals surface area contributed by atoms with Gasteiger partial charge in [0.05, 0.1) is 12.4 Å². The van der Waals surface area contributed by atoms with E-state index in [1.54, 1.807) is 6.07 Å².